The molecule has 1 atom stereocenters. The number of halogens is 1. The smallest absolute Gasteiger partial charge is 0.323 e. The summed E-state index contributed by atoms with van der Waals surface area (Å²) in [5.74, 6) is -1.42. The van der Waals surface area contributed by atoms with Crippen molar-refractivity contribution in [2.24, 2.45) is 0 Å². The molecule has 0 bridgehead atoms. The van der Waals surface area contributed by atoms with Crippen LogP contribution < -0.4 is 5.32 Å². The van der Waals surface area contributed by atoms with E-state index >= 15 is 0 Å². The first-order chi connectivity index (χ1) is 9.41. The van der Waals surface area contributed by atoms with Gasteiger partial charge in [-0.3, -0.25) is 9.59 Å². The van der Waals surface area contributed by atoms with Gasteiger partial charge in [0.1, 0.15) is 6.04 Å². The highest BCUT2D eigenvalue weighted by atomic mass is 35.5. The normalized spacial score (nSPS) is 13.2. The lowest BCUT2D eigenvalue weighted by Gasteiger charge is -2.21. The third-order valence-corrected chi connectivity index (χ3v) is 6.48. The molecule has 0 rings (SSSR count). The summed E-state index contributed by atoms with van der Waals surface area (Å²) in [4.78, 5) is 22.9. The summed E-state index contributed by atoms with van der Waals surface area (Å²) < 4.78 is 5.25. The minimum Gasteiger partial charge on any atom is -0.481 e. The SMILES string of the molecule is C[Si](C)(C)CCN[C@@H](CC(=O)O)C(=O)OCC[Si](C)(C)C.Cl. The van der Waals surface area contributed by atoms with Crippen LogP contribution in [0.4, 0.5) is 0 Å². The van der Waals surface area contributed by atoms with Crippen molar-refractivity contribution >= 4 is 40.5 Å². The molecule has 132 valence electrons. The first-order valence-corrected chi connectivity index (χ1v) is 14.9. The summed E-state index contributed by atoms with van der Waals surface area (Å²) in [5, 5.41) is 12.0. The van der Waals surface area contributed by atoms with E-state index in [1.54, 1.807) is 0 Å². The van der Waals surface area contributed by atoms with E-state index in [0.717, 1.165) is 12.1 Å². The molecule has 0 spiro atoms. The zero-order valence-electron chi connectivity index (χ0n) is 14.7. The van der Waals surface area contributed by atoms with E-state index in [-0.39, 0.29) is 18.8 Å². The van der Waals surface area contributed by atoms with Crippen LogP contribution in [0.3, 0.4) is 0 Å². The Hall–Kier alpha value is -0.376. The molecular weight excluding hydrogens is 338 g/mol. The highest BCUT2D eigenvalue weighted by Crippen LogP contribution is 2.09. The van der Waals surface area contributed by atoms with Gasteiger partial charge >= 0.3 is 11.9 Å². The molecule has 0 aromatic carbocycles. The van der Waals surface area contributed by atoms with E-state index in [9.17, 15) is 9.59 Å². The van der Waals surface area contributed by atoms with Gasteiger partial charge < -0.3 is 15.2 Å². The van der Waals surface area contributed by atoms with E-state index < -0.39 is 34.1 Å². The van der Waals surface area contributed by atoms with Crippen LogP contribution in [-0.4, -0.2) is 52.4 Å². The zero-order chi connectivity index (χ0) is 16.7. The maximum absolute atomic E-state index is 12.0. The van der Waals surface area contributed by atoms with Gasteiger partial charge in [0.25, 0.3) is 0 Å². The van der Waals surface area contributed by atoms with Crippen molar-refractivity contribution in [3.8, 4) is 0 Å². The van der Waals surface area contributed by atoms with Crippen LogP contribution in [0.5, 0.6) is 0 Å². The van der Waals surface area contributed by atoms with Crippen molar-refractivity contribution in [1.29, 1.82) is 0 Å². The predicted molar refractivity (Wildman–Crippen MR) is 98.6 cm³/mol. The number of hydrogen-bond acceptors (Lipinski definition) is 4. The number of hydrogen-bond donors (Lipinski definition) is 2. The monoisotopic (exact) mass is 369 g/mol. The van der Waals surface area contributed by atoms with Crippen molar-refractivity contribution in [1.82, 2.24) is 5.32 Å². The second kappa shape index (κ2) is 10.4. The Morgan fingerprint density at radius 3 is 1.95 bits per heavy atom. The lowest BCUT2D eigenvalue weighted by atomic mass is 10.2. The topological polar surface area (TPSA) is 75.6 Å². The standard InChI is InChI=1S/C14H31NO4Si2.ClH/c1-20(2,3)9-7-15-12(11-13(16)17)14(18)19-8-10-21(4,5)6;/h12,15H,7-11H2,1-6H3,(H,16,17);1H/t12-;/m0./s1. The minimum absolute atomic E-state index is 0. The number of carboxylic acids is 1. The van der Waals surface area contributed by atoms with Crippen LogP contribution in [0, 0.1) is 0 Å². The molecule has 0 amide bonds. The molecule has 0 aromatic heterocycles. The molecule has 0 aromatic rings. The van der Waals surface area contributed by atoms with Gasteiger partial charge in [-0.05, 0) is 18.6 Å². The average Bonchev–Trinajstić information content (AvgIpc) is 2.23. The van der Waals surface area contributed by atoms with E-state index in [2.05, 4.69) is 44.6 Å². The van der Waals surface area contributed by atoms with E-state index in [4.69, 9.17) is 9.84 Å². The fraction of sp³-hybridized carbons (Fsp3) is 0.857. The third kappa shape index (κ3) is 14.6. The van der Waals surface area contributed by atoms with Gasteiger partial charge in [0.2, 0.25) is 0 Å². The molecular formula is C14H32ClNO4Si2. The van der Waals surface area contributed by atoms with Gasteiger partial charge in [0.15, 0.2) is 0 Å². The molecule has 0 saturated heterocycles. The van der Waals surface area contributed by atoms with Crippen molar-refractivity contribution in [2.45, 2.75) is 63.8 Å². The van der Waals surface area contributed by atoms with Crippen molar-refractivity contribution in [3.05, 3.63) is 0 Å². The number of carbonyl (C=O) groups is 2. The number of aliphatic carboxylic acids is 1. The highest BCUT2D eigenvalue weighted by molar-refractivity contribution is 6.76. The van der Waals surface area contributed by atoms with Crippen LogP contribution in [0.15, 0.2) is 0 Å². The lowest BCUT2D eigenvalue weighted by molar-refractivity contribution is -0.150. The summed E-state index contributed by atoms with van der Waals surface area (Å²) in [6.07, 6.45) is -0.225. The van der Waals surface area contributed by atoms with Gasteiger partial charge in [-0.25, -0.2) is 0 Å². The largest absolute Gasteiger partial charge is 0.481 e. The summed E-state index contributed by atoms with van der Waals surface area (Å²) in [6, 6.07) is 1.17. The van der Waals surface area contributed by atoms with E-state index in [1.807, 2.05) is 0 Å². The molecule has 0 radical (unpaired) electrons. The van der Waals surface area contributed by atoms with Gasteiger partial charge in [-0.1, -0.05) is 39.3 Å². The Morgan fingerprint density at radius 1 is 1.05 bits per heavy atom. The zero-order valence-corrected chi connectivity index (χ0v) is 17.5. The molecule has 2 N–H and O–H groups in total. The molecule has 0 saturated carbocycles. The molecule has 0 heterocycles. The second-order valence-electron chi connectivity index (χ2n) is 7.89. The van der Waals surface area contributed by atoms with Gasteiger partial charge in [-0.15, -0.1) is 12.4 Å². The Labute approximate surface area is 142 Å². The predicted octanol–water partition coefficient (Wildman–Crippen LogP) is 3.06. The summed E-state index contributed by atoms with van der Waals surface area (Å²) >= 11 is 0. The number of carbonyl (C=O) groups excluding carboxylic acids is 1. The van der Waals surface area contributed by atoms with Crippen molar-refractivity contribution < 1.29 is 19.4 Å². The molecule has 0 fully saturated rings. The fourth-order valence-corrected chi connectivity index (χ4v) is 3.20. The van der Waals surface area contributed by atoms with Crippen LogP contribution in [0.2, 0.25) is 51.4 Å². The molecule has 0 aliphatic carbocycles. The number of nitrogens with one attached hydrogen (secondary N) is 1. The quantitative estimate of drug-likeness (QED) is 0.457. The number of ether oxygens (including phenoxy) is 1. The van der Waals surface area contributed by atoms with Crippen molar-refractivity contribution in [3.63, 3.8) is 0 Å². The van der Waals surface area contributed by atoms with Gasteiger partial charge in [-0.2, -0.15) is 0 Å². The average molecular weight is 370 g/mol. The first kappa shape index (κ1) is 23.9. The molecule has 0 aliphatic heterocycles. The van der Waals surface area contributed by atoms with Crippen molar-refractivity contribution in [2.75, 3.05) is 13.2 Å². The minimum atomic E-state index is -1.25. The van der Waals surface area contributed by atoms with Crippen LogP contribution >= 0.6 is 12.4 Å². The number of carboxylic acid groups (broad SMARTS) is 1. The Balaban J connectivity index is 0. The first-order valence-electron chi connectivity index (χ1n) is 7.52. The Morgan fingerprint density at radius 2 is 1.55 bits per heavy atom. The molecule has 8 heteroatoms. The van der Waals surface area contributed by atoms with Crippen LogP contribution in [0.1, 0.15) is 6.42 Å². The molecule has 22 heavy (non-hydrogen) atoms. The molecule has 0 aliphatic rings. The van der Waals surface area contributed by atoms with E-state index in [0.29, 0.717) is 13.2 Å². The fourth-order valence-electron chi connectivity index (χ4n) is 1.59. The summed E-state index contributed by atoms with van der Waals surface area (Å²) in [6.45, 7) is 14.4. The lowest BCUT2D eigenvalue weighted by Crippen LogP contribution is -2.42. The highest BCUT2D eigenvalue weighted by Gasteiger charge is 2.24. The maximum Gasteiger partial charge on any atom is 0.323 e. The maximum atomic E-state index is 12.0. The Kier molecular flexibility index (Phi) is 11.3. The molecule has 5 nitrogen and oxygen atoms in total. The summed E-state index contributed by atoms with van der Waals surface area (Å²) in [5.41, 5.74) is 0. The van der Waals surface area contributed by atoms with E-state index in [1.165, 1.54) is 0 Å². The summed E-state index contributed by atoms with van der Waals surface area (Å²) in [7, 11) is -2.45. The van der Waals surface area contributed by atoms with Gasteiger partial charge in [0, 0.05) is 16.1 Å². The number of rotatable bonds is 10. The number of esters is 1. The van der Waals surface area contributed by atoms with Crippen LogP contribution in [-0.2, 0) is 14.3 Å². The van der Waals surface area contributed by atoms with Crippen LogP contribution in [0.25, 0.3) is 0 Å². The molecule has 0 unspecified atom stereocenters. The third-order valence-electron chi connectivity index (χ3n) is 3.03. The van der Waals surface area contributed by atoms with Gasteiger partial charge in [0.05, 0.1) is 13.0 Å². The second-order valence-corrected chi connectivity index (χ2v) is 19.1. The Bertz CT molecular complexity index is 354.